The van der Waals surface area contributed by atoms with Gasteiger partial charge in [0.05, 0.1) is 0 Å². The minimum atomic E-state index is 0.0539. The summed E-state index contributed by atoms with van der Waals surface area (Å²) in [6.45, 7) is 3.67. The third-order valence-corrected chi connectivity index (χ3v) is 4.18. The molecule has 0 saturated carbocycles. The lowest BCUT2D eigenvalue weighted by Gasteiger charge is -2.33. The fourth-order valence-corrected chi connectivity index (χ4v) is 3.03. The predicted octanol–water partition coefficient (Wildman–Crippen LogP) is 0.115. The van der Waals surface area contributed by atoms with Crippen LogP contribution in [-0.2, 0) is 9.59 Å². The summed E-state index contributed by atoms with van der Waals surface area (Å²) in [5.74, 6) is 0.326. The van der Waals surface area contributed by atoms with Crippen molar-refractivity contribution < 1.29 is 9.59 Å². The second-order valence-electron chi connectivity index (χ2n) is 5.52. The lowest BCUT2D eigenvalue weighted by Crippen LogP contribution is -2.38. The van der Waals surface area contributed by atoms with E-state index < -0.39 is 0 Å². The van der Waals surface area contributed by atoms with Gasteiger partial charge in [-0.3, -0.25) is 9.59 Å². The number of hydrogen-bond donors (Lipinski definition) is 2. The maximum atomic E-state index is 12.0. The molecule has 0 aliphatic carbocycles. The van der Waals surface area contributed by atoms with E-state index in [2.05, 4.69) is 10.6 Å². The van der Waals surface area contributed by atoms with Crippen LogP contribution in [0.1, 0.15) is 32.1 Å². The molecule has 2 fully saturated rings. The zero-order valence-corrected chi connectivity index (χ0v) is 11.1. The number of likely N-dealkylation sites (tertiary alicyclic amines) is 1. The van der Waals surface area contributed by atoms with Crippen LogP contribution in [0.3, 0.4) is 0 Å². The molecule has 102 valence electrons. The normalized spacial score (nSPS) is 22.5. The van der Waals surface area contributed by atoms with Crippen LogP contribution < -0.4 is 10.6 Å². The van der Waals surface area contributed by atoms with Gasteiger partial charge >= 0.3 is 0 Å². The minimum absolute atomic E-state index is 0.0539. The highest BCUT2D eigenvalue weighted by Gasteiger charge is 2.43. The summed E-state index contributed by atoms with van der Waals surface area (Å²) in [5.41, 5.74) is 0.218. The molecule has 2 amide bonds. The van der Waals surface area contributed by atoms with Gasteiger partial charge in [-0.05, 0) is 37.8 Å². The summed E-state index contributed by atoms with van der Waals surface area (Å²) in [4.78, 5) is 25.1. The van der Waals surface area contributed by atoms with Crippen LogP contribution in [0.2, 0.25) is 0 Å². The monoisotopic (exact) mass is 253 g/mol. The van der Waals surface area contributed by atoms with Crippen LogP contribution in [-0.4, -0.2) is 49.9 Å². The smallest absolute Gasteiger partial charge is 0.223 e. The summed E-state index contributed by atoms with van der Waals surface area (Å²) in [7, 11) is 1.65. The van der Waals surface area contributed by atoms with Gasteiger partial charge < -0.3 is 15.5 Å². The molecule has 5 heteroatoms. The molecule has 2 heterocycles. The third-order valence-electron chi connectivity index (χ3n) is 4.18. The molecule has 0 aromatic carbocycles. The first-order chi connectivity index (χ1) is 8.65. The second-order valence-corrected chi connectivity index (χ2v) is 5.52. The Morgan fingerprint density at radius 3 is 2.83 bits per heavy atom. The van der Waals surface area contributed by atoms with Crippen molar-refractivity contribution >= 4 is 11.8 Å². The first-order valence-electron chi connectivity index (χ1n) is 6.84. The molecule has 0 aromatic heterocycles. The number of hydrogen-bond acceptors (Lipinski definition) is 3. The van der Waals surface area contributed by atoms with Gasteiger partial charge in [0.2, 0.25) is 11.8 Å². The van der Waals surface area contributed by atoms with Crippen LogP contribution in [0.4, 0.5) is 0 Å². The molecule has 18 heavy (non-hydrogen) atoms. The molecule has 2 rings (SSSR count). The fourth-order valence-electron chi connectivity index (χ4n) is 3.03. The fraction of sp³-hybridized carbons (Fsp3) is 0.846. The molecule has 0 atom stereocenters. The molecule has 0 bridgehead atoms. The van der Waals surface area contributed by atoms with E-state index in [0.29, 0.717) is 12.8 Å². The quantitative estimate of drug-likeness (QED) is 0.748. The largest absolute Gasteiger partial charge is 0.359 e. The molecule has 5 nitrogen and oxygen atoms in total. The van der Waals surface area contributed by atoms with Crippen molar-refractivity contribution in [2.75, 3.05) is 33.2 Å². The van der Waals surface area contributed by atoms with E-state index in [-0.39, 0.29) is 17.2 Å². The summed E-state index contributed by atoms with van der Waals surface area (Å²) in [5, 5.41) is 5.96. The molecular formula is C13H23N3O2. The zero-order valence-electron chi connectivity index (χ0n) is 11.1. The van der Waals surface area contributed by atoms with E-state index in [4.69, 9.17) is 0 Å². The SMILES string of the molecule is CNC(=O)CCCN1CC2(CCNCC2)CC1=O. The average Bonchev–Trinajstić information content (AvgIpc) is 2.66. The Morgan fingerprint density at radius 2 is 2.17 bits per heavy atom. The molecule has 0 radical (unpaired) electrons. The molecule has 2 saturated heterocycles. The van der Waals surface area contributed by atoms with Crippen LogP contribution >= 0.6 is 0 Å². The maximum absolute atomic E-state index is 12.0. The van der Waals surface area contributed by atoms with E-state index in [9.17, 15) is 9.59 Å². The lowest BCUT2D eigenvalue weighted by molar-refractivity contribution is -0.128. The van der Waals surface area contributed by atoms with Crippen molar-refractivity contribution in [2.24, 2.45) is 5.41 Å². The predicted molar refractivity (Wildman–Crippen MR) is 69.0 cm³/mol. The van der Waals surface area contributed by atoms with Gasteiger partial charge in [0.15, 0.2) is 0 Å². The van der Waals surface area contributed by atoms with Crippen molar-refractivity contribution in [1.82, 2.24) is 15.5 Å². The Balaban J connectivity index is 1.80. The van der Waals surface area contributed by atoms with Crippen LogP contribution in [0, 0.1) is 5.41 Å². The molecular weight excluding hydrogens is 230 g/mol. The van der Waals surface area contributed by atoms with E-state index in [0.717, 1.165) is 45.4 Å². The Hall–Kier alpha value is -1.10. The van der Waals surface area contributed by atoms with Crippen LogP contribution in [0.15, 0.2) is 0 Å². The van der Waals surface area contributed by atoms with Crippen LogP contribution in [0.5, 0.6) is 0 Å². The lowest BCUT2D eigenvalue weighted by atomic mass is 9.78. The van der Waals surface area contributed by atoms with E-state index in [1.165, 1.54) is 0 Å². The van der Waals surface area contributed by atoms with Crippen molar-refractivity contribution in [3.05, 3.63) is 0 Å². The van der Waals surface area contributed by atoms with Crippen molar-refractivity contribution in [1.29, 1.82) is 0 Å². The Labute approximate surface area is 108 Å². The maximum Gasteiger partial charge on any atom is 0.223 e. The Morgan fingerprint density at radius 1 is 1.44 bits per heavy atom. The van der Waals surface area contributed by atoms with Gasteiger partial charge in [0.25, 0.3) is 0 Å². The first-order valence-corrected chi connectivity index (χ1v) is 6.84. The zero-order chi connectivity index (χ0) is 13.0. The van der Waals surface area contributed by atoms with E-state index in [1.54, 1.807) is 7.05 Å². The summed E-state index contributed by atoms with van der Waals surface area (Å²) in [6, 6.07) is 0. The summed E-state index contributed by atoms with van der Waals surface area (Å²) >= 11 is 0. The number of rotatable bonds is 4. The molecule has 2 N–H and O–H groups in total. The number of nitrogens with zero attached hydrogens (tertiary/aromatic N) is 1. The average molecular weight is 253 g/mol. The highest BCUT2D eigenvalue weighted by Crippen LogP contribution is 2.39. The Bertz CT molecular complexity index is 324. The number of carbonyl (C=O) groups is 2. The molecule has 2 aliphatic rings. The topological polar surface area (TPSA) is 61.4 Å². The molecule has 0 aromatic rings. The number of amides is 2. The highest BCUT2D eigenvalue weighted by molar-refractivity contribution is 5.79. The van der Waals surface area contributed by atoms with Crippen molar-refractivity contribution in [3.8, 4) is 0 Å². The van der Waals surface area contributed by atoms with Gasteiger partial charge in [0, 0.05) is 33.0 Å². The highest BCUT2D eigenvalue weighted by atomic mass is 16.2. The van der Waals surface area contributed by atoms with Crippen molar-refractivity contribution in [2.45, 2.75) is 32.1 Å². The minimum Gasteiger partial charge on any atom is -0.359 e. The van der Waals surface area contributed by atoms with E-state index >= 15 is 0 Å². The standard InChI is InChI=1S/C13H23N3O2/c1-14-11(17)3-2-8-16-10-13(9-12(16)18)4-6-15-7-5-13/h15H,2-10H2,1H3,(H,14,17). The third kappa shape index (κ3) is 3.02. The van der Waals surface area contributed by atoms with Crippen LogP contribution in [0.25, 0.3) is 0 Å². The van der Waals surface area contributed by atoms with Gasteiger partial charge in [-0.25, -0.2) is 0 Å². The molecule has 0 unspecified atom stereocenters. The van der Waals surface area contributed by atoms with Crippen molar-refractivity contribution in [3.63, 3.8) is 0 Å². The van der Waals surface area contributed by atoms with Gasteiger partial charge in [-0.1, -0.05) is 0 Å². The number of nitrogens with one attached hydrogen (secondary N) is 2. The summed E-state index contributed by atoms with van der Waals surface area (Å²) in [6.07, 6.45) is 4.18. The second kappa shape index (κ2) is 5.69. The first kappa shape index (κ1) is 13.3. The molecule has 2 aliphatic heterocycles. The number of carbonyl (C=O) groups excluding carboxylic acids is 2. The summed E-state index contributed by atoms with van der Waals surface area (Å²) < 4.78 is 0. The van der Waals surface area contributed by atoms with Gasteiger partial charge in [-0.2, -0.15) is 0 Å². The Kier molecular flexibility index (Phi) is 4.22. The van der Waals surface area contributed by atoms with Gasteiger partial charge in [0.1, 0.15) is 0 Å². The molecule has 1 spiro atoms. The number of piperidine rings is 1. The van der Waals surface area contributed by atoms with Gasteiger partial charge in [-0.15, -0.1) is 0 Å². The van der Waals surface area contributed by atoms with E-state index in [1.807, 2.05) is 4.90 Å².